The van der Waals surface area contributed by atoms with Crippen LogP contribution < -0.4 is 10.6 Å². The summed E-state index contributed by atoms with van der Waals surface area (Å²) in [6, 6.07) is 6.42. The number of carbonyl (C=O) groups excluding carboxylic acids is 2. The summed E-state index contributed by atoms with van der Waals surface area (Å²) < 4.78 is 77.2. The minimum Gasteiger partial charge on any atom is -0.359 e. The van der Waals surface area contributed by atoms with Gasteiger partial charge in [-0.05, 0) is 35.9 Å². The van der Waals surface area contributed by atoms with E-state index in [1.807, 2.05) is 0 Å². The van der Waals surface area contributed by atoms with Gasteiger partial charge in [0.2, 0.25) is 5.91 Å². The third-order valence-electron chi connectivity index (χ3n) is 3.71. The van der Waals surface area contributed by atoms with Gasteiger partial charge in [-0.1, -0.05) is 12.1 Å². The summed E-state index contributed by atoms with van der Waals surface area (Å²) in [6.45, 7) is 0. The number of rotatable bonds is 4. The Morgan fingerprint density at radius 3 is 1.79 bits per heavy atom. The van der Waals surface area contributed by atoms with Crippen LogP contribution in [0, 0.1) is 0 Å². The molecule has 28 heavy (non-hydrogen) atoms. The molecule has 0 aliphatic heterocycles. The molecule has 2 rings (SSSR count). The van der Waals surface area contributed by atoms with Crippen LogP contribution in [-0.4, -0.2) is 18.9 Å². The first-order valence-corrected chi connectivity index (χ1v) is 7.80. The Kier molecular flexibility index (Phi) is 6.01. The van der Waals surface area contributed by atoms with Crippen molar-refractivity contribution in [3.63, 3.8) is 0 Å². The second-order valence-corrected chi connectivity index (χ2v) is 5.80. The zero-order valence-electron chi connectivity index (χ0n) is 14.3. The molecular weight excluding hydrogens is 390 g/mol. The van der Waals surface area contributed by atoms with E-state index in [1.165, 1.54) is 31.3 Å². The van der Waals surface area contributed by atoms with Crippen molar-refractivity contribution in [1.82, 2.24) is 5.32 Å². The van der Waals surface area contributed by atoms with Gasteiger partial charge in [0.05, 0.1) is 17.5 Å². The monoisotopic (exact) mass is 404 g/mol. The molecule has 2 N–H and O–H groups in total. The summed E-state index contributed by atoms with van der Waals surface area (Å²) >= 11 is 0. The van der Waals surface area contributed by atoms with Gasteiger partial charge in [0.15, 0.2) is 0 Å². The summed E-state index contributed by atoms with van der Waals surface area (Å²) in [7, 11) is 1.46. The topological polar surface area (TPSA) is 58.2 Å². The molecule has 0 spiro atoms. The Morgan fingerprint density at radius 1 is 0.857 bits per heavy atom. The van der Waals surface area contributed by atoms with E-state index >= 15 is 0 Å². The van der Waals surface area contributed by atoms with Gasteiger partial charge < -0.3 is 10.6 Å². The minimum atomic E-state index is -5.04. The largest absolute Gasteiger partial charge is 0.416 e. The van der Waals surface area contributed by atoms with Crippen molar-refractivity contribution >= 4 is 17.5 Å². The normalized spacial score (nSPS) is 11.8. The molecule has 0 radical (unpaired) electrons. The smallest absolute Gasteiger partial charge is 0.359 e. The average Bonchev–Trinajstić information content (AvgIpc) is 2.61. The van der Waals surface area contributed by atoms with E-state index in [-0.39, 0.29) is 24.1 Å². The van der Waals surface area contributed by atoms with E-state index in [9.17, 15) is 35.9 Å². The average molecular weight is 404 g/mol. The number of benzene rings is 2. The summed E-state index contributed by atoms with van der Waals surface area (Å²) in [5.74, 6) is -1.38. The number of hydrogen-bond donors (Lipinski definition) is 2. The number of likely N-dealkylation sites (N-methyl/N-ethyl adjacent to an activating group) is 1. The molecule has 0 bridgehead atoms. The predicted molar refractivity (Wildman–Crippen MR) is 88.6 cm³/mol. The van der Waals surface area contributed by atoms with Crippen molar-refractivity contribution in [2.75, 3.05) is 12.4 Å². The molecule has 0 heterocycles. The van der Waals surface area contributed by atoms with E-state index in [2.05, 4.69) is 10.6 Å². The van der Waals surface area contributed by atoms with Crippen molar-refractivity contribution in [3.8, 4) is 0 Å². The molecule has 0 aromatic heterocycles. The van der Waals surface area contributed by atoms with Crippen LogP contribution >= 0.6 is 0 Å². The quantitative estimate of drug-likeness (QED) is 0.748. The highest BCUT2D eigenvalue weighted by Crippen LogP contribution is 2.36. The SMILES string of the molecule is CNC(=O)Cc1ccc(NC(=O)c2cc(C(F)(F)F)cc(C(F)(F)F)c2)cc1. The Balaban J connectivity index is 2.27. The molecule has 0 aliphatic rings. The predicted octanol–water partition coefficient (Wildman–Crippen LogP) is 4.27. The van der Waals surface area contributed by atoms with Crippen LogP contribution in [0.3, 0.4) is 0 Å². The summed E-state index contributed by atoms with van der Waals surface area (Å²) in [5, 5.41) is 4.66. The summed E-state index contributed by atoms with van der Waals surface area (Å²) in [5.41, 5.74) is -3.18. The molecule has 10 heteroatoms. The first-order chi connectivity index (χ1) is 12.9. The summed E-state index contributed by atoms with van der Waals surface area (Å²) in [6.07, 6.45) is -10.0. The molecule has 0 fully saturated rings. The summed E-state index contributed by atoms with van der Waals surface area (Å²) in [4.78, 5) is 23.5. The molecular formula is C18H14F6N2O2. The van der Waals surface area contributed by atoms with Crippen molar-refractivity contribution in [2.45, 2.75) is 18.8 Å². The molecule has 2 amide bonds. The lowest BCUT2D eigenvalue weighted by Gasteiger charge is -2.14. The highest BCUT2D eigenvalue weighted by molar-refractivity contribution is 6.04. The lowest BCUT2D eigenvalue weighted by molar-refractivity contribution is -0.143. The molecule has 0 aliphatic carbocycles. The van der Waals surface area contributed by atoms with Gasteiger partial charge in [0, 0.05) is 18.3 Å². The highest BCUT2D eigenvalue weighted by Gasteiger charge is 2.37. The van der Waals surface area contributed by atoms with E-state index in [4.69, 9.17) is 0 Å². The Labute approximate surface area is 155 Å². The van der Waals surface area contributed by atoms with Crippen molar-refractivity contribution in [1.29, 1.82) is 0 Å². The number of nitrogens with one attached hydrogen (secondary N) is 2. The van der Waals surface area contributed by atoms with Crippen molar-refractivity contribution < 1.29 is 35.9 Å². The lowest BCUT2D eigenvalue weighted by atomic mass is 10.0. The molecule has 0 unspecified atom stereocenters. The first kappa shape index (κ1) is 21.3. The van der Waals surface area contributed by atoms with Gasteiger partial charge in [-0.2, -0.15) is 26.3 Å². The number of alkyl halides is 6. The third-order valence-corrected chi connectivity index (χ3v) is 3.71. The van der Waals surface area contributed by atoms with E-state index < -0.39 is 35.0 Å². The van der Waals surface area contributed by atoms with Crippen LogP contribution in [0.15, 0.2) is 42.5 Å². The second kappa shape index (κ2) is 7.91. The molecule has 2 aromatic rings. The Bertz CT molecular complexity index is 841. The molecule has 150 valence electrons. The zero-order chi connectivity index (χ0) is 21.1. The maximum atomic E-state index is 12.9. The van der Waals surface area contributed by atoms with Crippen LogP contribution in [0.5, 0.6) is 0 Å². The number of carbonyl (C=O) groups is 2. The lowest BCUT2D eigenvalue weighted by Crippen LogP contribution is -2.20. The number of hydrogen-bond acceptors (Lipinski definition) is 2. The number of amides is 2. The van der Waals surface area contributed by atoms with Gasteiger partial charge in [-0.3, -0.25) is 9.59 Å². The maximum absolute atomic E-state index is 12.9. The van der Waals surface area contributed by atoms with Gasteiger partial charge in [-0.25, -0.2) is 0 Å². The molecule has 0 atom stereocenters. The number of halogens is 6. The van der Waals surface area contributed by atoms with Crippen molar-refractivity contribution in [3.05, 3.63) is 64.7 Å². The maximum Gasteiger partial charge on any atom is 0.416 e. The minimum absolute atomic E-state index is 0.0512. The van der Waals surface area contributed by atoms with Crippen LogP contribution in [0.1, 0.15) is 27.0 Å². The van der Waals surface area contributed by atoms with Crippen LogP contribution in [0.25, 0.3) is 0 Å². The van der Waals surface area contributed by atoms with Gasteiger partial charge >= 0.3 is 12.4 Å². The molecule has 2 aromatic carbocycles. The van der Waals surface area contributed by atoms with Crippen LogP contribution in [0.2, 0.25) is 0 Å². The fraction of sp³-hybridized carbons (Fsp3) is 0.222. The Morgan fingerprint density at radius 2 is 1.36 bits per heavy atom. The zero-order valence-corrected chi connectivity index (χ0v) is 14.3. The molecule has 4 nitrogen and oxygen atoms in total. The van der Waals surface area contributed by atoms with E-state index in [0.29, 0.717) is 17.7 Å². The van der Waals surface area contributed by atoms with Crippen LogP contribution in [0.4, 0.5) is 32.0 Å². The van der Waals surface area contributed by atoms with Gasteiger partial charge in [-0.15, -0.1) is 0 Å². The van der Waals surface area contributed by atoms with E-state index in [1.54, 1.807) is 0 Å². The van der Waals surface area contributed by atoms with Crippen molar-refractivity contribution in [2.24, 2.45) is 0 Å². The molecule has 0 saturated carbocycles. The van der Waals surface area contributed by atoms with Gasteiger partial charge in [0.25, 0.3) is 5.91 Å². The fourth-order valence-electron chi connectivity index (χ4n) is 2.27. The third kappa shape index (κ3) is 5.48. The molecule has 0 saturated heterocycles. The van der Waals surface area contributed by atoms with Crippen LogP contribution in [-0.2, 0) is 23.6 Å². The fourth-order valence-corrected chi connectivity index (χ4v) is 2.27. The van der Waals surface area contributed by atoms with E-state index in [0.717, 1.165) is 0 Å². The van der Waals surface area contributed by atoms with Gasteiger partial charge in [0.1, 0.15) is 0 Å². The standard InChI is InChI=1S/C18H14F6N2O2/c1-25-15(27)6-10-2-4-14(5-3-10)26-16(28)11-7-12(17(19,20)21)9-13(8-11)18(22,23)24/h2-5,7-9H,6H2,1H3,(H,25,27)(H,26,28). The first-order valence-electron chi connectivity index (χ1n) is 7.80. The highest BCUT2D eigenvalue weighted by atomic mass is 19.4. The Hall–Kier alpha value is -3.04. The number of anilines is 1. The second-order valence-electron chi connectivity index (χ2n) is 5.80.